The minimum Gasteiger partial charge on any atom is -0.486 e. The van der Waals surface area contributed by atoms with Crippen LogP contribution in [0, 0.1) is 0 Å². The molecule has 27 heavy (non-hydrogen) atoms. The molecule has 1 aromatic heterocycles. The first kappa shape index (κ1) is 19.3. The molecule has 144 valence electrons. The predicted octanol–water partition coefficient (Wildman–Crippen LogP) is 3.62. The van der Waals surface area contributed by atoms with Crippen LogP contribution in [-0.2, 0) is 17.5 Å². The second-order valence-electron chi connectivity index (χ2n) is 5.90. The Morgan fingerprint density at radius 1 is 1.19 bits per heavy atom. The van der Waals surface area contributed by atoms with Gasteiger partial charge < -0.3 is 14.4 Å². The summed E-state index contributed by atoms with van der Waals surface area (Å²) in [6.07, 6.45) is -3.65. The first-order valence-electron chi connectivity index (χ1n) is 8.11. The minimum atomic E-state index is -4.42. The molecule has 5 nitrogen and oxygen atoms in total. The van der Waals surface area contributed by atoms with Gasteiger partial charge in [-0.1, -0.05) is 17.8 Å². The van der Waals surface area contributed by atoms with E-state index in [9.17, 15) is 18.0 Å². The Hall–Kier alpha value is -2.42. The van der Waals surface area contributed by atoms with Crippen molar-refractivity contribution < 1.29 is 27.4 Å². The maximum atomic E-state index is 12.5. The monoisotopic (exact) mass is 398 g/mol. The van der Waals surface area contributed by atoms with Crippen LogP contribution in [0.15, 0.2) is 41.6 Å². The van der Waals surface area contributed by atoms with E-state index in [2.05, 4.69) is 4.98 Å². The van der Waals surface area contributed by atoms with Crippen LogP contribution in [0.2, 0.25) is 0 Å². The van der Waals surface area contributed by atoms with Crippen molar-refractivity contribution in [1.82, 2.24) is 9.88 Å². The predicted molar refractivity (Wildman–Crippen MR) is 93.9 cm³/mol. The van der Waals surface area contributed by atoms with E-state index >= 15 is 0 Å². The Kier molecular flexibility index (Phi) is 5.79. The molecule has 1 aromatic carbocycles. The van der Waals surface area contributed by atoms with Crippen LogP contribution in [0.5, 0.6) is 11.5 Å². The van der Waals surface area contributed by atoms with Crippen molar-refractivity contribution >= 4 is 17.7 Å². The van der Waals surface area contributed by atoms with Gasteiger partial charge in [-0.15, -0.1) is 0 Å². The number of amides is 1. The molecule has 1 aliphatic heterocycles. The fraction of sp³-hybridized carbons (Fsp3) is 0.333. The van der Waals surface area contributed by atoms with E-state index in [4.69, 9.17) is 9.47 Å². The molecular weight excluding hydrogens is 381 g/mol. The molecule has 0 saturated carbocycles. The molecule has 0 fully saturated rings. The maximum Gasteiger partial charge on any atom is 0.417 e. The van der Waals surface area contributed by atoms with Gasteiger partial charge in [0, 0.05) is 19.8 Å². The summed E-state index contributed by atoms with van der Waals surface area (Å²) in [7, 11) is 1.67. The van der Waals surface area contributed by atoms with Crippen LogP contribution >= 0.6 is 11.8 Å². The molecule has 0 saturated heterocycles. The van der Waals surface area contributed by atoms with Crippen LogP contribution in [0.4, 0.5) is 13.2 Å². The third-order valence-corrected chi connectivity index (χ3v) is 4.79. The largest absolute Gasteiger partial charge is 0.486 e. The van der Waals surface area contributed by atoms with Crippen LogP contribution in [0.3, 0.4) is 0 Å². The third kappa shape index (κ3) is 5.06. The van der Waals surface area contributed by atoms with Crippen molar-refractivity contribution in [1.29, 1.82) is 0 Å². The van der Waals surface area contributed by atoms with E-state index in [1.54, 1.807) is 11.9 Å². The molecule has 0 atom stereocenters. The number of benzene rings is 1. The molecule has 1 aliphatic rings. The number of thioether (sulfide) groups is 1. The molecule has 9 heteroatoms. The van der Waals surface area contributed by atoms with Gasteiger partial charge in [0.25, 0.3) is 0 Å². The Morgan fingerprint density at radius 2 is 1.93 bits per heavy atom. The molecule has 0 bridgehead atoms. The van der Waals surface area contributed by atoms with Gasteiger partial charge in [0.2, 0.25) is 5.91 Å². The van der Waals surface area contributed by atoms with Crippen molar-refractivity contribution in [2.75, 3.05) is 26.0 Å². The number of carbonyl (C=O) groups excluding carboxylic acids is 1. The van der Waals surface area contributed by atoms with Gasteiger partial charge in [0.05, 0.1) is 16.3 Å². The lowest BCUT2D eigenvalue weighted by molar-refractivity contribution is -0.138. The van der Waals surface area contributed by atoms with Crippen molar-refractivity contribution in [2.24, 2.45) is 0 Å². The Labute approximate surface area is 158 Å². The smallest absolute Gasteiger partial charge is 0.417 e. The number of fused-ring (bicyclic) bond motifs is 1. The zero-order valence-corrected chi connectivity index (χ0v) is 15.3. The lowest BCUT2D eigenvalue weighted by Gasteiger charge is -2.21. The molecule has 0 unspecified atom stereocenters. The highest BCUT2D eigenvalue weighted by Gasteiger charge is 2.30. The van der Waals surface area contributed by atoms with Crippen LogP contribution in [0.1, 0.15) is 11.1 Å². The number of nitrogens with zero attached hydrogens (tertiary/aromatic N) is 2. The zero-order chi connectivity index (χ0) is 19.4. The van der Waals surface area contributed by atoms with Gasteiger partial charge in [-0.25, -0.2) is 4.98 Å². The van der Waals surface area contributed by atoms with E-state index in [0.717, 1.165) is 29.6 Å². The van der Waals surface area contributed by atoms with Crippen molar-refractivity contribution in [3.8, 4) is 11.5 Å². The average molecular weight is 398 g/mol. The topological polar surface area (TPSA) is 51.7 Å². The lowest BCUT2D eigenvalue weighted by Crippen LogP contribution is -2.28. The number of rotatable bonds is 5. The minimum absolute atomic E-state index is 0.0828. The van der Waals surface area contributed by atoms with Gasteiger partial charge >= 0.3 is 6.18 Å². The molecule has 3 rings (SSSR count). The van der Waals surface area contributed by atoms with Crippen molar-refractivity contribution in [3.05, 3.63) is 47.7 Å². The normalized spacial score (nSPS) is 13.3. The summed E-state index contributed by atoms with van der Waals surface area (Å²) in [6, 6.07) is 7.73. The second-order valence-corrected chi connectivity index (χ2v) is 6.89. The van der Waals surface area contributed by atoms with E-state index in [1.807, 2.05) is 18.2 Å². The fourth-order valence-electron chi connectivity index (χ4n) is 2.43. The summed E-state index contributed by atoms with van der Waals surface area (Å²) in [4.78, 5) is 17.6. The maximum absolute atomic E-state index is 12.5. The molecule has 2 heterocycles. The first-order chi connectivity index (χ1) is 12.8. The fourth-order valence-corrected chi connectivity index (χ4v) is 3.21. The number of halogens is 3. The second kappa shape index (κ2) is 8.08. The molecule has 0 N–H and O–H groups in total. The van der Waals surface area contributed by atoms with Crippen LogP contribution in [-0.4, -0.2) is 41.8 Å². The number of pyridine rings is 1. The summed E-state index contributed by atoms with van der Waals surface area (Å²) in [6.45, 7) is 1.39. The Morgan fingerprint density at radius 3 is 2.59 bits per heavy atom. The molecule has 0 radical (unpaired) electrons. The third-order valence-electron chi connectivity index (χ3n) is 3.86. The number of alkyl halides is 3. The van der Waals surface area contributed by atoms with Gasteiger partial charge in [0.15, 0.2) is 11.5 Å². The van der Waals surface area contributed by atoms with Gasteiger partial charge in [-0.3, -0.25) is 4.79 Å². The number of carbonyl (C=O) groups is 1. The summed E-state index contributed by atoms with van der Waals surface area (Å²) >= 11 is 1.10. The number of hydrogen-bond donors (Lipinski definition) is 0. The van der Waals surface area contributed by atoms with E-state index in [0.29, 0.717) is 36.3 Å². The van der Waals surface area contributed by atoms with Crippen LogP contribution in [0.25, 0.3) is 0 Å². The van der Waals surface area contributed by atoms with E-state index in [1.165, 1.54) is 6.07 Å². The summed E-state index contributed by atoms with van der Waals surface area (Å²) in [5, 5.41) is 0.365. The van der Waals surface area contributed by atoms with Gasteiger partial charge in [-0.2, -0.15) is 13.2 Å². The Bertz CT molecular complexity index is 812. The average Bonchev–Trinajstić information content (AvgIpc) is 2.65. The summed E-state index contributed by atoms with van der Waals surface area (Å²) < 4.78 is 48.6. The molecular formula is C18H17F3N2O3S. The lowest BCUT2D eigenvalue weighted by atomic mass is 10.2. The van der Waals surface area contributed by atoms with E-state index < -0.39 is 11.7 Å². The number of hydrogen-bond acceptors (Lipinski definition) is 5. The summed E-state index contributed by atoms with van der Waals surface area (Å²) in [5.74, 6) is 1.27. The highest BCUT2D eigenvalue weighted by Crippen LogP contribution is 2.31. The highest BCUT2D eigenvalue weighted by atomic mass is 32.2. The number of ether oxygens (including phenoxy) is 2. The summed E-state index contributed by atoms with van der Waals surface area (Å²) in [5.41, 5.74) is 0.0849. The molecule has 0 aliphatic carbocycles. The molecule has 1 amide bonds. The van der Waals surface area contributed by atoms with Crippen molar-refractivity contribution in [3.63, 3.8) is 0 Å². The highest BCUT2D eigenvalue weighted by molar-refractivity contribution is 7.99. The molecule has 2 aromatic rings. The zero-order valence-electron chi connectivity index (χ0n) is 14.5. The SMILES string of the molecule is CN(Cc1ccc2c(c1)OCCO2)C(=O)CSc1ccc(C(F)(F)F)cn1. The molecule has 0 spiro atoms. The van der Waals surface area contributed by atoms with E-state index in [-0.39, 0.29) is 11.7 Å². The first-order valence-corrected chi connectivity index (χ1v) is 9.10. The van der Waals surface area contributed by atoms with Gasteiger partial charge in [0.1, 0.15) is 13.2 Å². The standard InChI is InChI=1S/C18H17F3N2O3S/c1-23(10-12-2-4-14-15(8-12)26-7-6-25-14)17(24)11-27-16-5-3-13(9-22-16)18(19,20)21/h2-5,8-9H,6-7,10-11H2,1H3. The Balaban J connectivity index is 1.53. The van der Waals surface area contributed by atoms with Crippen LogP contribution < -0.4 is 9.47 Å². The quantitative estimate of drug-likeness (QED) is 0.720. The van der Waals surface area contributed by atoms with Crippen molar-refractivity contribution in [2.45, 2.75) is 17.7 Å². The number of aromatic nitrogens is 1. The van der Waals surface area contributed by atoms with Gasteiger partial charge in [-0.05, 0) is 29.8 Å².